The Balaban J connectivity index is 2.01. The molecule has 1 saturated carbocycles. The minimum atomic E-state index is -0.0194. The minimum absolute atomic E-state index is 0.00693. The third-order valence-electron chi connectivity index (χ3n) is 4.62. The van der Waals surface area contributed by atoms with E-state index in [-0.39, 0.29) is 23.9 Å². The van der Waals surface area contributed by atoms with Gasteiger partial charge in [-0.15, -0.1) is 0 Å². The maximum atomic E-state index is 12.5. The molecule has 0 saturated heterocycles. The number of rotatable bonds is 8. The van der Waals surface area contributed by atoms with Crippen LogP contribution in [0.2, 0.25) is 0 Å². The number of carbonyl (C=O) groups excluding carboxylic acids is 1. The molecule has 22 heavy (non-hydrogen) atoms. The zero-order valence-corrected chi connectivity index (χ0v) is 14.0. The molecule has 1 fully saturated rings. The van der Waals surface area contributed by atoms with Crippen molar-refractivity contribution in [2.75, 3.05) is 7.11 Å². The van der Waals surface area contributed by atoms with E-state index in [1.165, 1.54) is 0 Å². The van der Waals surface area contributed by atoms with Crippen LogP contribution in [0, 0.1) is 5.92 Å². The number of carbonyl (C=O) groups is 1. The predicted molar refractivity (Wildman–Crippen MR) is 88.2 cm³/mol. The van der Waals surface area contributed by atoms with E-state index in [9.17, 15) is 4.79 Å². The Morgan fingerprint density at radius 3 is 2.41 bits per heavy atom. The highest BCUT2D eigenvalue weighted by Crippen LogP contribution is 2.46. The summed E-state index contributed by atoms with van der Waals surface area (Å²) in [5.41, 5.74) is 1.14. The van der Waals surface area contributed by atoms with E-state index in [0.717, 1.165) is 49.8 Å². The van der Waals surface area contributed by atoms with Crippen molar-refractivity contribution in [3.63, 3.8) is 0 Å². The van der Waals surface area contributed by atoms with Crippen LogP contribution in [0.1, 0.15) is 63.9 Å². The van der Waals surface area contributed by atoms with Gasteiger partial charge in [0, 0.05) is 5.92 Å². The Bertz CT molecular complexity index is 477. The third-order valence-corrected chi connectivity index (χ3v) is 4.62. The van der Waals surface area contributed by atoms with Crippen molar-refractivity contribution < 1.29 is 14.3 Å². The van der Waals surface area contributed by atoms with Crippen LogP contribution in [0.25, 0.3) is 0 Å². The van der Waals surface area contributed by atoms with Crippen LogP contribution >= 0.6 is 0 Å². The van der Waals surface area contributed by atoms with Crippen LogP contribution in [0.5, 0.6) is 5.75 Å². The fraction of sp³-hybridized carbons (Fsp3) is 0.632. The van der Waals surface area contributed by atoms with Crippen LogP contribution < -0.4 is 4.74 Å². The molecule has 0 N–H and O–H groups in total. The molecule has 0 bridgehead atoms. The Labute approximate surface area is 134 Å². The van der Waals surface area contributed by atoms with Crippen molar-refractivity contribution in [1.29, 1.82) is 0 Å². The Hall–Kier alpha value is -1.51. The molecular weight excluding hydrogens is 276 g/mol. The Morgan fingerprint density at radius 1 is 1.18 bits per heavy atom. The quantitative estimate of drug-likeness (QED) is 0.653. The van der Waals surface area contributed by atoms with Gasteiger partial charge in [-0.1, -0.05) is 44.9 Å². The maximum absolute atomic E-state index is 12.5. The zero-order valence-electron chi connectivity index (χ0n) is 14.0. The molecule has 122 valence electrons. The third kappa shape index (κ3) is 3.82. The van der Waals surface area contributed by atoms with Crippen molar-refractivity contribution in [3.05, 3.63) is 29.8 Å². The highest BCUT2D eigenvalue weighted by atomic mass is 16.5. The molecular formula is C19H28O3. The zero-order chi connectivity index (χ0) is 15.9. The fourth-order valence-corrected chi connectivity index (χ4v) is 3.28. The van der Waals surface area contributed by atoms with Crippen LogP contribution in [0.4, 0.5) is 0 Å². The summed E-state index contributed by atoms with van der Waals surface area (Å²) in [6, 6.07) is 8.01. The van der Waals surface area contributed by atoms with Gasteiger partial charge in [-0.2, -0.15) is 0 Å². The molecule has 1 aromatic carbocycles. The average Bonchev–Trinajstić information content (AvgIpc) is 2.47. The summed E-state index contributed by atoms with van der Waals surface area (Å²) in [4.78, 5) is 12.5. The molecule has 0 heterocycles. The van der Waals surface area contributed by atoms with Crippen molar-refractivity contribution in [2.24, 2.45) is 5.92 Å². The first-order chi connectivity index (χ1) is 10.7. The van der Waals surface area contributed by atoms with Crippen LogP contribution in [0.15, 0.2) is 24.3 Å². The maximum Gasteiger partial charge on any atom is 0.309 e. The Kier molecular flexibility index (Phi) is 6.29. The number of hydrogen-bond donors (Lipinski definition) is 0. The molecule has 3 heteroatoms. The number of para-hydroxylation sites is 1. The van der Waals surface area contributed by atoms with Crippen LogP contribution in [-0.2, 0) is 9.53 Å². The van der Waals surface area contributed by atoms with Gasteiger partial charge in [0.1, 0.15) is 11.9 Å². The lowest BCUT2D eigenvalue weighted by molar-refractivity contribution is -0.159. The van der Waals surface area contributed by atoms with Crippen LogP contribution in [-0.4, -0.2) is 19.2 Å². The molecule has 0 radical (unpaired) electrons. The van der Waals surface area contributed by atoms with E-state index in [1.807, 2.05) is 18.2 Å². The van der Waals surface area contributed by atoms with Gasteiger partial charge in [0.05, 0.1) is 13.0 Å². The van der Waals surface area contributed by atoms with Gasteiger partial charge in [-0.3, -0.25) is 4.79 Å². The number of benzene rings is 1. The molecule has 3 nitrogen and oxygen atoms in total. The second-order valence-electron chi connectivity index (χ2n) is 6.17. The van der Waals surface area contributed by atoms with E-state index in [0.29, 0.717) is 0 Å². The van der Waals surface area contributed by atoms with Gasteiger partial charge in [-0.25, -0.2) is 0 Å². The van der Waals surface area contributed by atoms with Gasteiger partial charge in [0.25, 0.3) is 0 Å². The smallest absolute Gasteiger partial charge is 0.309 e. The summed E-state index contributed by atoms with van der Waals surface area (Å²) in [5.74, 6) is 1.10. The van der Waals surface area contributed by atoms with E-state index >= 15 is 0 Å². The van der Waals surface area contributed by atoms with E-state index < -0.39 is 0 Å². The number of esters is 1. The van der Waals surface area contributed by atoms with E-state index in [1.54, 1.807) is 7.11 Å². The lowest BCUT2D eigenvalue weighted by Gasteiger charge is -2.36. The average molecular weight is 304 g/mol. The van der Waals surface area contributed by atoms with Gasteiger partial charge in [0.15, 0.2) is 0 Å². The van der Waals surface area contributed by atoms with E-state index in [2.05, 4.69) is 19.9 Å². The standard InChI is InChI=1S/C19H28O3/c1-4-8-14(9-5-2)22-19(20)17-13-12-15(17)16-10-6-7-11-18(16)21-3/h6-7,10-11,14-15,17H,4-5,8-9,12-13H2,1-3H3/t15?,17-/m1/s1. The molecule has 2 rings (SSSR count). The molecule has 1 aromatic rings. The summed E-state index contributed by atoms with van der Waals surface area (Å²) >= 11 is 0. The molecule has 2 atom stereocenters. The second-order valence-corrected chi connectivity index (χ2v) is 6.17. The Morgan fingerprint density at radius 2 is 1.86 bits per heavy atom. The summed E-state index contributed by atoms with van der Waals surface area (Å²) in [7, 11) is 1.68. The van der Waals surface area contributed by atoms with Crippen molar-refractivity contribution >= 4 is 5.97 Å². The van der Waals surface area contributed by atoms with Crippen molar-refractivity contribution in [3.8, 4) is 5.75 Å². The number of ether oxygens (including phenoxy) is 2. The number of hydrogen-bond acceptors (Lipinski definition) is 3. The molecule has 1 aliphatic rings. The van der Waals surface area contributed by atoms with Crippen LogP contribution in [0.3, 0.4) is 0 Å². The minimum Gasteiger partial charge on any atom is -0.496 e. The summed E-state index contributed by atoms with van der Waals surface area (Å²) in [5, 5.41) is 0. The lowest BCUT2D eigenvalue weighted by atomic mass is 9.69. The summed E-state index contributed by atoms with van der Waals surface area (Å²) < 4.78 is 11.2. The molecule has 1 unspecified atom stereocenters. The first-order valence-corrected chi connectivity index (χ1v) is 8.54. The molecule has 1 aliphatic carbocycles. The highest BCUT2D eigenvalue weighted by molar-refractivity contribution is 5.75. The summed E-state index contributed by atoms with van der Waals surface area (Å²) in [6.07, 6.45) is 6.08. The van der Waals surface area contributed by atoms with Gasteiger partial charge < -0.3 is 9.47 Å². The SMILES string of the molecule is CCCC(CCC)OC(=O)[C@@H]1CCC1c1ccccc1OC. The fourth-order valence-electron chi connectivity index (χ4n) is 3.28. The lowest BCUT2D eigenvalue weighted by Crippen LogP contribution is -2.35. The highest BCUT2D eigenvalue weighted by Gasteiger charge is 2.40. The van der Waals surface area contributed by atoms with Gasteiger partial charge in [-0.05, 0) is 37.3 Å². The predicted octanol–water partition coefficient (Wildman–Crippen LogP) is 4.70. The van der Waals surface area contributed by atoms with Crippen molar-refractivity contribution in [1.82, 2.24) is 0 Å². The van der Waals surface area contributed by atoms with Crippen molar-refractivity contribution in [2.45, 2.75) is 64.4 Å². The second kappa shape index (κ2) is 8.21. The molecule has 0 spiro atoms. The van der Waals surface area contributed by atoms with E-state index in [4.69, 9.17) is 9.47 Å². The summed E-state index contributed by atoms with van der Waals surface area (Å²) in [6.45, 7) is 4.27. The monoisotopic (exact) mass is 304 g/mol. The normalized spacial score (nSPS) is 20.5. The van der Waals surface area contributed by atoms with Gasteiger partial charge in [0.2, 0.25) is 0 Å². The largest absolute Gasteiger partial charge is 0.496 e. The molecule has 0 aromatic heterocycles. The molecule has 0 amide bonds. The van der Waals surface area contributed by atoms with Gasteiger partial charge >= 0.3 is 5.97 Å². The first kappa shape index (κ1) is 16.9. The topological polar surface area (TPSA) is 35.5 Å². The first-order valence-electron chi connectivity index (χ1n) is 8.54. The molecule has 0 aliphatic heterocycles. The number of methoxy groups -OCH3 is 1.